The number of rotatable bonds is 2. The topological polar surface area (TPSA) is 38.7 Å². The molecule has 0 N–H and O–H groups in total. The first-order valence-electron chi connectivity index (χ1n) is 6.03. The largest absolute Gasteiger partial charge is 0.264 e. The predicted molar refractivity (Wildman–Crippen MR) is 78.1 cm³/mol. The van der Waals surface area contributed by atoms with Crippen molar-refractivity contribution in [1.29, 1.82) is 0 Å². The van der Waals surface area contributed by atoms with Gasteiger partial charge in [-0.15, -0.1) is 11.3 Å². The number of aromatic nitrogens is 3. The van der Waals surface area contributed by atoms with E-state index in [1.165, 1.54) is 11.1 Å². The molecule has 0 spiro atoms. The zero-order chi connectivity index (χ0) is 13.2. The Morgan fingerprint density at radius 2 is 1.53 bits per heavy atom. The smallest absolute Gasteiger partial charge is 0.125 e. The van der Waals surface area contributed by atoms with E-state index in [1.807, 2.05) is 24.5 Å². The lowest BCUT2D eigenvalue weighted by molar-refractivity contribution is 1.25. The van der Waals surface area contributed by atoms with Gasteiger partial charge in [0.25, 0.3) is 0 Å². The summed E-state index contributed by atoms with van der Waals surface area (Å²) in [5.74, 6) is 0. The lowest BCUT2D eigenvalue weighted by Gasteiger charge is -2.01. The number of hydrogen-bond acceptors (Lipinski definition) is 4. The Labute approximate surface area is 116 Å². The fourth-order valence-corrected chi connectivity index (χ4v) is 2.84. The molecule has 0 fully saturated rings. The molecular formula is C15H13N3S. The summed E-state index contributed by atoms with van der Waals surface area (Å²) in [6.45, 7) is 4.15. The second-order valence-electron chi connectivity index (χ2n) is 4.42. The third-order valence-electron chi connectivity index (χ3n) is 3.09. The van der Waals surface area contributed by atoms with Gasteiger partial charge in [0.05, 0.1) is 5.69 Å². The first kappa shape index (κ1) is 12.0. The van der Waals surface area contributed by atoms with Crippen LogP contribution in [0.25, 0.3) is 21.8 Å². The van der Waals surface area contributed by atoms with E-state index in [9.17, 15) is 0 Å². The van der Waals surface area contributed by atoms with Gasteiger partial charge in [-0.3, -0.25) is 9.97 Å². The van der Waals surface area contributed by atoms with Crippen LogP contribution in [0.15, 0.2) is 42.3 Å². The maximum Gasteiger partial charge on any atom is 0.125 e. The predicted octanol–water partition coefficient (Wildman–Crippen LogP) is 3.88. The number of pyridine rings is 2. The van der Waals surface area contributed by atoms with Crippen LogP contribution in [0.3, 0.4) is 0 Å². The van der Waals surface area contributed by atoms with Crippen molar-refractivity contribution in [3.8, 4) is 21.8 Å². The number of thiazole rings is 1. The number of aryl methyl sites for hydroxylation is 2. The van der Waals surface area contributed by atoms with Crippen LogP contribution in [0.4, 0.5) is 0 Å². The van der Waals surface area contributed by atoms with Crippen LogP contribution in [-0.2, 0) is 0 Å². The quantitative estimate of drug-likeness (QED) is 0.707. The lowest BCUT2D eigenvalue weighted by atomic mass is 10.1. The first-order valence-corrected chi connectivity index (χ1v) is 6.91. The van der Waals surface area contributed by atoms with Crippen LogP contribution in [0.2, 0.25) is 0 Å². The van der Waals surface area contributed by atoms with Crippen molar-refractivity contribution in [3.63, 3.8) is 0 Å². The number of nitrogens with zero attached hydrogens (tertiary/aromatic N) is 3. The van der Waals surface area contributed by atoms with Crippen LogP contribution in [0.1, 0.15) is 11.1 Å². The maximum atomic E-state index is 4.71. The average Bonchev–Trinajstić information content (AvgIpc) is 2.89. The zero-order valence-electron chi connectivity index (χ0n) is 10.8. The molecule has 0 saturated heterocycles. The van der Waals surface area contributed by atoms with Gasteiger partial charge in [0.1, 0.15) is 5.01 Å². The van der Waals surface area contributed by atoms with E-state index in [-0.39, 0.29) is 0 Å². The molecule has 0 saturated carbocycles. The lowest BCUT2D eigenvalue weighted by Crippen LogP contribution is -1.87. The minimum absolute atomic E-state index is 0.980. The van der Waals surface area contributed by atoms with Gasteiger partial charge < -0.3 is 0 Å². The molecule has 0 aromatic carbocycles. The van der Waals surface area contributed by atoms with Crippen LogP contribution in [0.5, 0.6) is 0 Å². The second-order valence-corrected chi connectivity index (χ2v) is 5.28. The third-order valence-corrected chi connectivity index (χ3v) is 3.96. The molecule has 19 heavy (non-hydrogen) atoms. The molecule has 0 aliphatic carbocycles. The molecule has 0 atom stereocenters. The van der Waals surface area contributed by atoms with Crippen molar-refractivity contribution < 1.29 is 0 Å². The summed E-state index contributed by atoms with van der Waals surface area (Å²) in [5.41, 5.74) is 5.55. The van der Waals surface area contributed by atoms with E-state index < -0.39 is 0 Å². The molecular weight excluding hydrogens is 254 g/mol. The van der Waals surface area contributed by atoms with Crippen LogP contribution < -0.4 is 0 Å². The summed E-state index contributed by atoms with van der Waals surface area (Å²) < 4.78 is 0. The van der Waals surface area contributed by atoms with Crippen molar-refractivity contribution in [2.24, 2.45) is 0 Å². The Morgan fingerprint density at radius 3 is 2.16 bits per heavy atom. The zero-order valence-corrected chi connectivity index (χ0v) is 11.6. The molecule has 3 heterocycles. The maximum absolute atomic E-state index is 4.71. The van der Waals surface area contributed by atoms with Crippen molar-refractivity contribution in [3.05, 3.63) is 53.4 Å². The van der Waals surface area contributed by atoms with E-state index in [0.29, 0.717) is 0 Å². The van der Waals surface area contributed by atoms with Gasteiger partial charge in [-0.2, -0.15) is 0 Å². The van der Waals surface area contributed by atoms with E-state index in [0.717, 1.165) is 21.8 Å². The van der Waals surface area contributed by atoms with Gasteiger partial charge in [0.15, 0.2) is 0 Å². The summed E-state index contributed by atoms with van der Waals surface area (Å²) in [6.07, 6.45) is 7.34. The summed E-state index contributed by atoms with van der Waals surface area (Å²) >= 11 is 1.64. The normalized spacial score (nSPS) is 10.6. The highest BCUT2D eigenvalue weighted by Gasteiger charge is 2.10. The van der Waals surface area contributed by atoms with Crippen LogP contribution in [-0.4, -0.2) is 15.0 Å². The summed E-state index contributed by atoms with van der Waals surface area (Å²) in [6, 6.07) is 4.01. The minimum atomic E-state index is 0.980. The third kappa shape index (κ3) is 2.27. The van der Waals surface area contributed by atoms with Gasteiger partial charge in [0.2, 0.25) is 0 Å². The molecule has 0 aliphatic rings. The SMILES string of the molecule is Cc1ccncc1-c1csc(-c2cnccc2C)n1. The Balaban J connectivity index is 2.06. The monoisotopic (exact) mass is 267 g/mol. The Bertz CT molecular complexity index is 659. The van der Waals surface area contributed by atoms with Crippen molar-refractivity contribution in [2.45, 2.75) is 13.8 Å². The van der Waals surface area contributed by atoms with E-state index in [1.54, 1.807) is 23.7 Å². The molecule has 0 bridgehead atoms. The van der Waals surface area contributed by atoms with E-state index >= 15 is 0 Å². The summed E-state index contributed by atoms with van der Waals surface area (Å²) in [5, 5.41) is 3.08. The molecule has 3 nitrogen and oxygen atoms in total. The number of hydrogen-bond donors (Lipinski definition) is 0. The highest BCUT2D eigenvalue weighted by molar-refractivity contribution is 7.13. The Morgan fingerprint density at radius 1 is 0.895 bits per heavy atom. The molecule has 3 aromatic heterocycles. The van der Waals surface area contributed by atoms with Crippen molar-refractivity contribution in [2.75, 3.05) is 0 Å². The highest BCUT2D eigenvalue weighted by Crippen LogP contribution is 2.30. The van der Waals surface area contributed by atoms with Crippen LogP contribution in [0, 0.1) is 13.8 Å². The van der Waals surface area contributed by atoms with Crippen LogP contribution >= 0.6 is 11.3 Å². The fraction of sp³-hybridized carbons (Fsp3) is 0.133. The Hall–Kier alpha value is -2.07. The molecule has 0 aliphatic heterocycles. The molecule has 0 radical (unpaired) electrons. The molecule has 0 unspecified atom stereocenters. The highest BCUT2D eigenvalue weighted by atomic mass is 32.1. The fourth-order valence-electron chi connectivity index (χ4n) is 1.94. The average molecular weight is 267 g/mol. The molecule has 94 valence electrons. The molecule has 0 amide bonds. The molecule has 3 rings (SSSR count). The minimum Gasteiger partial charge on any atom is -0.264 e. The van der Waals surface area contributed by atoms with Gasteiger partial charge in [0, 0.05) is 41.3 Å². The van der Waals surface area contributed by atoms with Crippen molar-refractivity contribution >= 4 is 11.3 Å². The molecule has 3 aromatic rings. The first-order chi connectivity index (χ1) is 9.25. The Kier molecular flexibility index (Phi) is 3.09. The van der Waals surface area contributed by atoms with E-state index in [2.05, 4.69) is 29.2 Å². The van der Waals surface area contributed by atoms with Gasteiger partial charge in [-0.25, -0.2) is 4.98 Å². The van der Waals surface area contributed by atoms with Gasteiger partial charge in [-0.1, -0.05) is 0 Å². The van der Waals surface area contributed by atoms with Gasteiger partial charge >= 0.3 is 0 Å². The molecule has 4 heteroatoms. The standard InChI is InChI=1S/C15H13N3S/c1-10-3-5-16-7-12(10)14-9-19-15(18-14)13-8-17-6-4-11(13)2/h3-9H,1-2H3. The van der Waals surface area contributed by atoms with Gasteiger partial charge in [-0.05, 0) is 37.1 Å². The summed E-state index contributed by atoms with van der Waals surface area (Å²) in [4.78, 5) is 13.1. The van der Waals surface area contributed by atoms with Crippen molar-refractivity contribution in [1.82, 2.24) is 15.0 Å². The second kappa shape index (κ2) is 4.90. The summed E-state index contributed by atoms with van der Waals surface area (Å²) in [7, 11) is 0. The van der Waals surface area contributed by atoms with E-state index in [4.69, 9.17) is 4.98 Å².